The van der Waals surface area contributed by atoms with Crippen molar-refractivity contribution in [1.82, 2.24) is 34.6 Å². The number of benzene rings is 1. The number of carbonyl (C=O) groups is 1. The van der Waals surface area contributed by atoms with E-state index in [9.17, 15) is 9.18 Å². The average Bonchev–Trinajstić information content (AvgIpc) is 3.23. The van der Waals surface area contributed by atoms with Crippen molar-refractivity contribution in [3.63, 3.8) is 0 Å². The normalized spacial score (nSPS) is 11.4. The molecule has 0 saturated heterocycles. The summed E-state index contributed by atoms with van der Waals surface area (Å²) in [6.07, 6.45) is -0.0767. The smallest absolute Gasteiger partial charge is 0.311 e. The van der Waals surface area contributed by atoms with Gasteiger partial charge in [0.2, 0.25) is 5.16 Å². The SMILES string of the molecule is CCSc1nc2nnc3c(CC(=O)OC)nn(-c4ccc(F)cc4)c3n2n1. The van der Waals surface area contributed by atoms with Crippen molar-refractivity contribution in [3.05, 3.63) is 35.8 Å². The molecule has 0 N–H and O–H groups in total. The summed E-state index contributed by atoms with van der Waals surface area (Å²) in [4.78, 5) is 16.1. The number of aromatic nitrogens is 7. The Labute approximate surface area is 156 Å². The summed E-state index contributed by atoms with van der Waals surface area (Å²) in [6, 6.07) is 5.81. The first-order valence-electron chi connectivity index (χ1n) is 8.07. The van der Waals surface area contributed by atoms with Gasteiger partial charge in [-0.05, 0) is 30.0 Å². The Bertz CT molecular complexity index is 1140. The number of hydrogen-bond acceptors (Lipinski definition) is 8. The first kappa shape index (κ1) is 17.3. The maximum Gasteiger partial charge on any atom is 0.311 e. The van der Waals surface area contributed by atoms with Gasteiger partial charge < -0.3 is 4.74 Å². The van der Waals surface area contributed by atoms with Crippen molar-refractivity contribution in [1.29, 1.82) is 0 Å². The molecule has 0 radical (unpaired) electrons. The van der Waals surface area contributed by atoms with Gasteiger partial charge in [0.1, 0.15) is 11.5 Å². The largest absolute Gasteiger partial charge is 0.469 e. The quantitative estimate of drug-likeness (QED) is 0.378. The number of thioether (sulfide) groups is 1. The number of fused-ring (bicyclic) bond motifs is 3. The predicted molar refractivity (Wildman–Crippen MR) is 95.3 cm³/mol. The highest BCUT2D eigenvalue weighted by Gasteiger charge is 2.21. The van der Waals surface area contributed by atoms with Crippen LogP contribution in [0.1, 0.15) is 12.6 Å². The lowest BCUT2D eigenvalue weighted by molar-refractivity contribution is -0.139. The van der Waals surface area contributed by atoms with Crippen LogP contribution in [0.5, 0.6) is 0 Å². The van der Waals surface area contributed by atoms with Gasteiger partial charge in [0.15, 0.2) is 11.2 Å². The first-order chi connectivity index (χ1) is 13.1. The fourth-order valence-corrected chi connectivity index (χ4v) is 3.15. The molecule has 0 saturated carbocycles. The summed E-state index contributed by atoms with van der Waals surface area (Å²) in [6.45, 7) is 1.99. The van der Waals surface area contributed by atoms with Crippen LogP contribution in [0.3, 0.4) is 0 Å². The van der Waals surface area contributed by atoms with Crippen LogP contribution in [0.4, 0.5) is 4.39 Å². The van der Waals surface area contributed by atoms with Crippen LogP contribution in [0.25, 0.3) is 22.6 Å². The van der Waals surface area contributed by atoms with Crippen LogP contribution in [0, 0.1) is 5.82 Å². The van der Waals surface area contributed by atoms with Crippen LogP contribution in [0.2, 0.25) is 0 Å². The van der Waals surface area contributed by atoms with E-state index in [1.54, 1.807) is 16.8 Å². The van der Waals surface area contributed by atoms with E-state index >= 15 is 0 Å². The second kappa shape index (κ2) is 6.91. The minimum Gasteiger partial charge on any atom is -0.469 e. The van der Waals surface area contributed by atoms with Crippen molar-refractivity contribution < 1.29 is 13.9 Å². The van der Waals surface area contributed by atoms with E-state index in [4.69, 9.17) is 4.74 Å². The zero-order chi connectivity index (χ0) is 19.0. The van der Waals surface area contributed by atoms with Crippen LogP contribution in [-0.2, 0) is 16.0 Å². The number of methoxy groups -OCH3 is 1. The number of nitrogens with zero attached hydrogens (tertiary/aromatic N) is 7. The third kappa shape index (κ3) is 3.10. The molecule has 0 spiro atoms. The molecule has 3 aromatic heterocycles. The maximum absolute atomic E-state index is 13.3. The number of ether oxygens (including phenoxy) is 1. The fourth-order valence-electron chi connectivity index (χ4n) is 2.60. The number of halogens is 1. The number of hydrogen-bond donors (Lipinski definition) is 0. The second-order valence-corrected chi connectivity index (χ2v) is 6.73. The average molecular weight is 387 g/mol. The zero-order valence-corrected chi connectivity index (χ0v) is 15.3. The third-order valence-electron chi connectivity index (χ3n) is 3.80. The van der Waals surface area contributed by atoms with Gasteiger partial charge in [-0.15, -0.1) is 15.3 Å². The molecule has 3 heterocycles. The minimum absolute atomic E-state index is 0.0767. The lowest BCUT2D eigenvalue weighted by atomic mass is 10.3. The molecule has 1 aromatic carbocycles. The number of carbonyl (C=O) groups excluding carboxylic acids is 1. The zero-order valence-electron chi connectivity index (χ0n) is 14.5. The monoisotopic (exact) mass is 387 g/mol. The van der Waals surface area contributed by atoms with Crippen molar-refractivity contribution in [2.45, 2.75) is 18.5 Å². The summed E-state index contributed by atoms with van der Waals surface area (Å²) < 4.78 is 21.1. The lowest BCUT2D eigenvalue weighted by Gasteiger charge is -2.03. The molecule has 27 heavy (non-hydrogen) atoms. The fraction of sp³-hybridized carbons (Fsp3) is 0.250. The number of esters is 1. The van der Waals surface area contributed by atoms with E-state index in [2.05, 4.69) is 25.4 Å². The van der Waals surface area contributed by atoms with Crippen molar-refractivity contribution in [2.24, 2.45) is 0 Å². The highest BCUT2D eigenvalue weighted by Crippen LogP contribution is 2.23. The van der Waals surface area contributed by atoms with Crippen LogP contribution >= 0.6 is 11.8 Å². The van der Waals surface area contributed by atoms with Crippen LogP contribution < -0.4 is 0 Å². The van der Waals surface area contributed by atoms with Gasteiger partial charge in [0.25, 0.3) is 5.78 Å². The molecule has 0 bridgehead atoms. The van der Waals surface area contributed by atoms with Gasteiger partial charge in [-0.25, -0.2) is 9.07 Å². The Hall–Kier alpha value is -3.08. The van der Waals surface area contributed by atoms with E-state index in [-0.39, 0.29) is 12.2 Å². The molecule has 0 aliphatic heterocycles. The Morgan fingerprint density at radius 2 is 2.00 bits per heavy atom. The van der Waals surface area contributed by atoms with Crippen molar-refractivity contribution >= 4 is 34.7 Å². The van der Waals surface area contributed by atoms with Gasteiger partial charge >= 0.3 is 5.97 Å². The molecular formula is C16H14FN7O2S. The Morgan fingerprint density at radius 1 is 1.22 bits per heavy atom. The van der Waals surface area contributed by atoms with Crippen LogP contribution in [-0.4, -0.2) is 53.4 Å². The van der Waals surface area contributed by atoms with E-state index in [0.29, 0.717) is 33.5 Å². The molecular weight excluding hydrogens is 373 g/mol. The highest BCUT2D eigenvalue weighted by atomic mass is 32.2. The van der Waals surface area contributed by atoms with Gasteiger partial charge in [-0.2, -0.15) is 14.6 Å². The van der Waals surface area contributed by atoms with E-state index in [0.717, 1.165) is 5.75 Å². The molecule has 4 aromatic rings. The first-order valence-corrected chi connectivity index (χ1v) is 9.06. The molecule has 138 valence electrons. The molecule has 0 amide bonds. The molecule has 0 aliphatic carbocycles. The maximum atomic E-state index is 13.3. The Kier molecular flexibility index (Phi) is 4.44. The topological polar surface area (TPSA) is 100 Å². The lowest BCUT2D eigenvalue weighted by Crippen LogP contribution is -2.06. The van der Waals surface area contributed by atoms with E-state index in [1.165, 1.54) is 35.5 Å². The second-order valence-electron chi connectivity index (χ2n) is 5.50. The minimum atomic E-state index is -0.455. The summed E-state index contributed by atoms with van der Waals surface area (Å²) in [5.41, 5.74) is 1.86. The van der Waals surface area contributed by atoms with E-state index < -0.39 is 5.97 Å². The molecule has 4 rings (SSSR count). The van der Waals surface area contributed by atoms with Gasteiger partial charge in [0.05, 0.1) is 19.2 Å². The summed E-state index contributed by atoms with van der Waals surface area (Å²) in [5, 5.41) is 17.8. The predicted octanol–water partition coefficient (Wildman–Crippen LogP) is 1.82. The van der Waals surface area contributed by atoms with E-state index in [1.807, 2.05) is 6.92 Å². The molecule has 9 nitrogen and oxygen atoms in total. The van der Waals surface area contributed by atoms with Gasteiger partial charge in [0, 0.05) is 0 Å². The third-order valence-corrected chi connectivity index (χ3v) is 4.52. The standard InChI is InChI=1S/C16H14FN7O2S/c1-3-27-16-18-15-20-19-13-11(8-12(25)26-2)21-23(14(13)24(15)22-16)10-6-4-9(17)5-7-10/h4-7H,3,8H2,1-2H3. The highest BCUT2D eigenvalue weighted by molar-refractivity contribution is 7.99. The Morgan fingerprint density at radius 3 is 2.70 bits per heavy atom. The summed E-state index contributed by atoms with van der Waals surface area (Å²) in [5.74, 6) is 0.296. The van der Waals surface area contributed by atoms with Crippen molar-refractivity contribution in [3.8, 4) is 5.69 Å². The van der Waals surface area contributed by atoms with Crippen LogP contribution in [0.15, 0.2) is 29.4 Å². The molecule has 0 fully saturated rings. The molecule has 11 heteroatoms. The molecule has 0 unspecified atom stereocenters. The molecule has 0 aliphatic rings. The Balaban J connectivity index is 1.99. The van der Waals surface area contributed by atoms with Gasteiger partial charge in [-0.3, -0.25) is 4.79 Å². The van der Waals surface area contributed by atoms with Gasteiger partial charge in [-0.1, -0.05) is 18.7 Å². The molecule has 0 atom stereocenters. The summed E-state index contributed by atoms with van der Waals surface area (Å²) in [7, 11) is 1.30. The number of rotatable bonds is 5. The summed E-state index contributed by atoms with van der Waals surface area (Å²) >= 11 is 1.47. The van der Waals surface area contributed by atoms with Crippen molar-refractivity contribution in [2.75, 3.05) is 12.9 Å².